The molecule has 0 bridgehead atoms. The molecule has 0 amide bonds. The molecule has 0 aliphatic carbocycles. The fourth-order valence-electron chi connectivity index (χ4n) is 1.55. The van der Waals surface area contributed by atoms with Gasteiger partial charge in [0.05, 0.1) is 12.6 Å². The number of ether oxygens (including phenoxy) is 1. The first kappa shape index (κ1) is 11.5. The van der Waals surface area contributed by atoms with Crippen molar-refractivity contribution in [1.29, 1.82) is 0 Å². The number of hydrogen-bond donors (Lipinski definition) is 0. The van der Waals surface area contributed by atoms with E-state index < -0.39 is 15.3 Å². The second-order valence-electron chi connectivity index (χ2n) is 3.41. The Labute approximate surface area is 85.3 Å². The van der Waals surface area contributed by atoms with Gasteiger partial charge in [0.1, 0.15) is 5.25 Å². The van der Waals surface area contributed by atoms with E-state index in [0.717, 1.165) is 0 Å². The molecule has 0 radical (unpaired) electrons. The van der Waals surface area contributed by atoms with Crippen LogP contribution in [0.1, 0.15) is 13.3 Å². The van der Waals surface area contributed by atoms with Gasteiger partial charge < -0.3 is 4.74 Å². The van der Waals surface area contributed by atoms with Crippen LogP contribution in [0.4, 0.5) is 0 Å². The van der Waals surface area contributed by atoms with Crippen LogP contribution in [0.5, 0.6) is 0 Å². The molecule has 0 aromatic carbocycles. The highest BCUT2D eigenvalue weighted by molar-refractivity contribution is 7.89. The topological polar surface area (TPSA) is 46.6 Å². The summed E-state index contributed by atoms with van der Waals surface area (Å²) in [5, 5.41) is -0.444. The van der Waals surface area contributed by atoms with Crippen molar-refractivity contribution in [1.82, 2.24) is 4.31 Å². The maximum absolute atomic E-state index is 11.9. The Kier molecular flexibility index (Phi) is 3.53. The van der Waals surface area contributed by atoms with Crippen LogP contribution in [0.2, 0.25) is 0 Å². The van der Waals surface area contributed by atoms with E-state index in [2.05, 4.69) is 5.92 Å². The van der Waals surface area contributed by atoms with Crippen molar-refractivity contribution in [2.75, 3.05) is 20.2 Å². The molecule has 2 atom stereocenters. The summed E-state index contributed by atoms with van der Waals surface area (Å²) in [5.74, 6) is 2.32. The predicted molar refractivity (Wildman–Crippen MR) is 54.2 cm³/mol. The molecule has 0 aromatic heterocycles. The van der Waals surface area contributed by atoms with Crippen molar-refractivity contribution in [3.05, 3.63) is 0 Å². The van der Waals surface area contributed by atoms with Crippen molar-refractivity contribution < 1.29 is 13.2 Å². The molecule has 14 heavy (non-hydrogen) atoms. The molecule has 0 N–H and O–H groups in total. The molecule has 1 aliphatic heterocycles. The van der Waals surface area contributed by atoms with Crippen LogP contribution in [0.3, 0.4) is 0 Å². The van der Waals surface area contributed by atoms with Gasteiger partial charge in [-0.1, -0.05) is 5.92 Å². The van der Waals surface area contributed by atoms with Gasteiger partial charge in [-0.2, -0.15) is 4.31 Å². The highest BCUT2D eigenvalue weighted by atomic mass is 32.2. The normalized spacial score (nSPS) is 27.9. The third-order valence-electron chi connectivity index (χ3n) is 2.44. The second-order valence-corrected chi connectivity index (χ2v) is 5.67. The largest absolute Gasteiger partial charge is 0.377 e. The van der Waals surface area contributed by atoms with Crippen LogP contribution >= 0.6 is 0 Å². The highest BCUT2D eigenvalue weighted by Crippen LogP contribution is 2.22. The quantitative estimate of drug-likeness (QED) is 0.628. The van der Waals surface area contributed by atoms with Crippen LogP contribution in [0.15, 0.2) is 0 Å². The predicted octanol–water partition coefficient (Wildman–Crippen LogP) is 0.0586. The summed E-state index contributed by atoms with van der Waals surface area (Å²) in [6.45, 7) is 2.40. The molecule has 1 rings (SSSR count). The first-order chi connectivity index (χ1) is 6.50. The number of nitrogens with zero attached hydrogens (tertiary/aromatic N) is 1. The van der Waals surface area contributed by atoms with E-state index in [9.17, 15) is 8.42 Å². The van der Waals surface area contributed by atoms with E-state index in [-0.39, 0.29) is 12.6 Å². The van der Waals surface area contributed by atoms with E-state index in [0.29, 0.717) is 13.0 Å². The average molecular weight is 217 g/mol. The summed E-state index contributed by atoms with van der Waals surface area (Å²) in [5.41, 5.74) is 0. The molecule has 80 valence electrons. The Morgan fingerprint density at radius 2 is 2.29 bits per heavy atom. The number of rotatable bonds is 3. The SMILES string of the molecule is C#CCN(C)S(=O)(=O)[C@@H]1CCO[C@@H]1C. The minimum atomic E-state index is -3.28. The van der Waals surface area contributed by atoms with Crippen LogP contribution in [-0.2, 0) is 14.8 Å². The zero-order valence-electron chi connectivity index (χ0n) is 8.43. The van der Waals surface area contributed by atoms with Crippen molar-refractivity contribution in [2.24, 2.45) is 0 Å². The summed E-state index contributed by atoms with van der Waals surface area (Å²) < 4.78 is 30.2. The molecule has 4 nitrogen and oxygen atoms in total. The summed E-state index contributed by atoms with van der Waals surface area (Å²) in [6, 6.07) is 0. The van der Waals surface area contributed by atoms with Gasteiger partial charge >= 0.3 is 0 Å². The van der Waals surface area contributed by atoms with Crippen LogP contribution < -0.4 is 0 Å². The van der Waals surface area contributed by atoms with E-state index in [1.807, 2.05) is 0 Å². The fraction of sp³-hybridized carbons (Fsp3) is 0.778. The van der Waals surface area contributed by atoms with Crippen LogP contribution in [-0.4, -0.2) is 44.3 Å². The summed E-state index contributed by atoms with van der Waals surface area (Å²) in [4.78, 5) is 0. The lowest BCUT2D eigenvalue weighted by Gasteiger charge is -2.21. The average Bonchev–Trinajstić information content (AvgIpc) is 2.52. The molecule has 1 fully saturated rings. The molecule has 0 aromatic rings. The zero-order chi connectivity index (χ0) is 10.8. The molecular weight excluding hydrogens is 202 g/mol. The first-order valence-corrected chi connectivity index (χ1v) is 6.00. The molecule has 1 saturated heterocycles. The smallest absolute Gasteiger partial charge is 0.220 e. The third-order valence-corrected chi connectivity index (χ3v) is 4.82. The van der Waals surface area contributed by atoms with E-state index in [1.165, 1.54) is 11.4 Å². The lowest BCUT2D eigenvalue weighted by Crippen LogP contribution is -2.39. The van der Waals surface area contributed by atoms with Gasteiger partial charge in [-0.3, -0.25) is 0 Å². The minimum absolute atomic E-state index is 0.117. The van der Waals surface area contributed by atoms with Gasteiger partial charge in [0, 0.05) is 13.7 Å². The first-order valence-electron chi connectivity index (χ1n) is 4.50. The molecule has 0 unspecified atom stereocenters. The van der Waals surface area contributed by atoms with Crippen LogP contribution in [0.25, 0.3) is 0 Å². The standard InChI is InChI=1S/C9H15NO3S/c1-4-6-10(3)14(11,12)9-5-7-13-8(9)2/h1,8-9H,5-7H2,2-3H3/t8-,9-/m1/s1. The number of hydrogen-bond acceptors (Lipinski definition) is 3. The molecule has 5 heteroatoms. The van der Waals surface area contributed by atoms with Crippen molar-refractivity contribution >= 4 is 10.0 Å². The Balaban J connectivity index is 2.80. The Morgan fingerprint density at radius 3 is 2.71 bits per heavy atom. The lowest BCUT2D eigenvalue weighted by atomic mass is 10.3. The molecule has 0 spiro atoms. The van der Waals surface area contributed by atoms with Gasteiger partial charge in [0.25, 0.3) is 0 Å². The highest BCUT2D eigenvalue weighted by Gasteiger charge is 2.37. The minimum Gasteiger partial charge on any atom is -0.377 e. The lowest BCUT2D eigenvalue weighted by molar-refractivity contribution is 0.126. The number of sulfonamides is 1. The Hall–Kier alpha value is -0.570. The van der Waals surface area contributed by atoms with Crippen molar-refractivity contribution in [3.63, 3.8) is 0 Å². The van der Waals surface area contributed by atoms with Crippen molar-refractivity contribution in [3.8, 4) is 12.3 Å². The zero-order valence-corrected chi connectivity index (χ0v) is 9.25. The van der Waals surface area contributed by atoms with Gasteiger partial charge in [0.2, 0.25) is 10.0 Å². The van der Waals surface area contributed by atoms with Gasteiger partial charge in [0.15, 0.2) is 0 Å². The monoisotopic (exact) mass is 217 g/mol. The summed E-state index contributed by atoms with van der Waals surface area (Å²) in [6.07, 6.45) is 5.39. The van der Waals surface area contributed by atoms with Gasteiger partial charge in [-0.25, -0.2) is 8.42 Å². The van der Waals surface area contributed by atoms with E-state index in [1.54, 1.807) is 6.92 Å². The summed E-state index contributed by atoms with van der Waals surface area (Å²) in [7, 11) is -1.78. The molecule has 1 aliphatic rings. The fourth-order valence-corrected chi connectivity index (χ4v) is 3.23. The van der Waals surface area contributed by atoms with E-state index in [4.69, 9.17) is 11.2 Å². The van der Waals surface area contributed by atoms with Gasteiger partial charge in [-0.05, 0) is 13.3 Å². The third kappa shape index (κ3) is 2.08. The maximum atomic E-state index is 11.9. The Bertz CT molecular complexity index is 330. The van der Waals surface area contributed by atoms with Gasteiger partial charge in [-0.15, -0.1) is 6.42 Å². The summed E-state index contributed by atoms with van der Waals surface area (Å²) >= 11 is 0. The molecular formula is C9H15NO3S. The Morgan fingerprint density at radius 1 is 1.64 bits per heavy atom. The maximum Gasteiger partial charge on any atom is 0.220 e. The van der Waals surface area contributed by atoms with Crippen molar-refractivity contribution in [2.45, 2.75) is 24.7 Å². The second kappa shape index (κ2) is 4.30. The number of terminal acetylenes is 1. The van der Waals surface area contributed by atoms with Crippen LogP contribution in [0, 0.1) is 12.3 Å². The molecule has 0 saturated carbocycles. The van der Waals surface area contributed by atoms with E-state index >= 15 is 0 Å². The molecule has 1 heterocycles.